The lowest BCUT2D eigenvalue weighted by molar-refractivity contribution is 0.512. The number of aryl methyl sites for hydroxylation is 1. The highest BCUT2D eigenvalue weighted by Crippen LogP contribution is 2.20. The summed E-state index contributed by atoms with van der Waals surface area (Å²) in [4.78, 5) is 0.961. The van der Waals surface area contributed by atoms with Crippen LogP contribution < -0.4 is 0 Å². The maximum atomic E-state index is 12.2. The van der Waals surface area contributed by atoms with Gasteiger partial charge in [0.15, 0.2) is 0 Å². The van der Waals surface area contributed by atoms with E-state index in [9.17, 15) is 4.39 Å². The Bertz CT molecular complexity index is 288. The minimum Gasteiger partial charge on any atom is -0.426 e. The number of hydrogen-bond donors (Lipinski definition) is 0. The highest BCUT2D eigenvalue weighted by Gasteiger charge is 1.93. The van der Waals surface area contributed by atoms with Crippen molar-refractivity contribution in [2.24, 2.45) is 0 Å². The number of allylic oxidation sites excluding steroid dienone is 1. The molecule has 1 aromatic carbocycles. The molecule has 3 heteroatoms. The van der Waals surface area contributed by atoms with Crippen molar-refractivity contribution in [3.8, 4) is 0 Å². The Balaban J connectivity index is 2.46. The summed E-state index contributed by atoms with van der Waals surface area (Å²) in [6, 6.07) is 7.83. The second kappa shape index (κ2) is 4.92. The van der Waals surface area contributed by atoms with Crippen LogP contribution in [-0.2, 0) is 4.18 Å². The van der Waals surface area contributed by atoms with Crippen molar-refractivity contribution in [3.63, 3.8) is 0 Å². The van der Waals surface area contributed by atoms with Crippen molar-refractivity contribution in [3.05, 3.63) is 41.9 Å². The molecule has 0 spiro atoms. The monoisotopic (exact) mass is 198 g/mol. The van der Waals surface area contributed by atoms with E-state index in [1.165, 1.54) is 12.5 Å². The zero-order valence-corrected chi connectivity index (χ0v) is 8.40. The fraction of sp³-hybridized carbons (Fsp3) is 0.200. The quantitative estimate of drug-likeness (QED) is 0.539. The minimum atomic E-state index is -0.334. The minimum absolute atomic E-state index is 0.334. The van der Waals surface area contributed by atoms with Gasteiger partial charge >= 0.3 is 0 Å². The Hall–Kier alpha value is -0.960. The maximum absolute atomic E-state index is 12.2. The van der Waals surface area contributed by atoms with Gasteiger partial charge in [0, 0.05) is 4.90 Å². The maximum Gasteiger partial charge on any atom is 0.133 e. The van der Waals surface area contributed by atoms with Crippen molar-refractivity contribution in [2.75, 3.05) is 0 Å². The van der Waals surface area contributed by atoms with Crippen molar-refractivity contribution in [1.82, 2.24) is 0 Å². The summed E-state index contributed by atoms with van der Waals surface area (Å²) in [5.74, 6) is -0.334. The Morgan fingerprint density at radius 3 is 2.54 bits per heavy atom. The normalized spacial score (nSPS) is 11.5. The summed E-state index contributed by atoms with van der Waals surface area (Å²) in [6.45, 7) is 3.36. The Morgan fingerprint density at radius 2 is 2.00 bits per heavy atom. The number of halogens is 1. The third kappa shape index (κ3) is 3.99. The van der Waals surface area contributed by atoms with Crippen LogP contribution in [0, 0.1) is 6.92 Å². The Kier molecular flexibility index (Phi) is 3.83. The van der Waals surface area contributed by atoms with Gasteiger partial charge < -0.3 is 4.18 Å². The molecule has 0 aliphatic rings. The fourth-order valence-corrected chi connectivity index (χ4v) is 1.28. The summed E-state index contributed by atoms with van der Waals surface area (Å²) in [5, 5.41) is 0. The lowest BCUT2D eigenvalue weighted by Crippen LogP contribution is -1.74. The molecule has 1 aromatic rings. The van der Waals surface area contributed by atoms with Crippen LogP contribution in [0.25, 0.3) is 0 Å². The SMILES string of the molecule is C/C(F)=C/OSc1ccc(C)cc1. The van der Waals surface area contributed by atoms with Crippen molar-refractivity contribution < 1.29 is 8.57 Å². The third-order valence-corrected chi connectivity index (χ3v) is 2.03. The lowest BCUT2D eigenvalue weighted by atomic mass is 10.2. The molecule has 0 aromatic heterocycles. The molecular formula is C10H11FOS. The summed E-state index contributed by atoms with van der Waals surface area (Å²) in [7, 11) is 0. The molecule has 0 fully saturated rings. The fourth-order valence-electron chi connectivity index (χ4n) is 0.740. The molecule has 0 saturated heterocycles. The van der Waals surface area contributed by atoms with Crippen molar-refractivity contribution in [1.29, 1.82) is 0 Å². The molecule has 13 heavy (non-hydrogen) atoms. The molecule has 0 atom stereocenters. The zero-order chi connectivity index (χ0) is 9.68. The van der Waals surface area contributed by atoms with Gasteiger partial charge in [-0.1, -0.05) is 17.7 Å². The van der Waals surface area contributed by atoms with Gasteiger partial charge in [0.25, 0.3) is 0 Å². The van der Waals surface area contributed by atoms with Gasteiger partial charge in [-0.3, -0.25) is 0 Å². The molecule has 0 heterocycles. The molecular weight excluding hydrogens is 187 g/mol. The van der Waals surface area contributed by atoms with Gasteiger partial charge in [-0.2, -0.15) is 0 Å². The van der Waals surface area contributed by atoms with Crippen molar-refractivity contribution in [2.45, 2.75) is 18.7 Å². The predicted molar refractivity (Wildman–Crippen MR) is 53.0 cm³/mol. The molecule has 0 saturated carbocycles. The first-order valence-corrected chi connectivity index (χ1v) is 4.65. The van der Waals surface area contributed by atoms with Crippen LogP contribution >= 0.6 is 12.0 Å². The highest BCUT2D eigenvalue weighted by atomic mass is 32.2. The first kappa shape index (κ1) is 10.1. The molecule has 1 rings (SSSR count). The molecule has 0 unspecified atom stereocenters. The smallest absolute Gasteiger partial charge is 0.133 e. The number of rotatable bonds is 3. The summed E-state index contributed by atoms with van der Waals surface area (Å²) >= 11 is 1.14. The van der Waals surface area contributed by atoms with Crippen LogP contribution in [0.4, 0.5) is 4.39 Å². The second-order valence-electron chi connectivity index (χ2n) is 2.70. The molecule has 0 aliphatic heterocycles. The molecule has 0 amide bonds. The van der Waals surface area contributed by atoms with Crippen molar-refractivity contribution >= 4 is 12.0 Å². The molecule has 0 aliphatic carbocycles. The lowest BCUT2D eigenvalue weighted by Gasteiger charge is -1.98. The van der Waals surface area contributed by atoms with Gasteiger partial charge in [-0.25, -0.2) is 4.39 Å². The van der Waals surface area contributed by atoms with E-state index in [0.717, 1.165) is 23.2 Å². The largest absolute Gasteiger partial charge is 0.426 e. The van der Waals surface area contributed by atoms with E-state index in [1.54, 1.807) is 0 Å². The van der Waals surface area contributed by atoms with E-state index in [-0.39, 0.29) is 5.83 Å². The first-order chi connectivity index (χ1) is 6.18. The molecule has 0 radical (unpaired) electrons. The van der Waals surface area contributed by atoms with Gasteiger partial charge in [-0.05, 0) is 26.0 Å². The van der Waals surface area contributed by atoms with E-state index >= 15 is 0 Å². The summed E-state index contributed by atoms with van der Waals surface area (Å²) in [6.07, 6.45) is 1.09. The highest BCUT2D eigenvalue weighted by molar-refractivity contribution is 7.94. The standard InChI is InChI=1S/C10H11FOS/c1-8-3-5-10(6-4-8)13-12-7-9(2)11/h3-7H,1-2H3/b9-7-. The molecule has 1 nitrogen and oxygen atoms in total. The topological polar surface area (TPSA) is 9.23 Å². The van der Waals surface area contributed by atoms with Crippen LogP contribution in [0.1, 0.15) is 12.5 Å². The number of benzene rings is 1. The van der Waals surface area contributed by atoms with E-state index in [2.05, 4.69) is 0 Å². The predicted octanol–water partition coefficient (Wildman–Crippen LogP) is 3.85. The van der Waals surface area contributed by atoms with Crippen LogP contribution in [0.5, 0.6) is 0 Å². The summed E-state index contributed by atoms with van der Waals surface area (Å²) in [5.41, 5.74) is 1.20. The third-order valence-electron chi connectivity index (χ3n) is 1.38. The van der Waals surface area contributed by atoms with Crippen LogP contribution in [0.2, 0.25) is 0 Å². The van der Waals surface area contributed by atoms with E-state index < -0.39 is 0 Å². The first-order valence-electron chi connectivity index (χ1n) is 3.91. The van der Waals surface area contributed by atoms with E-state index in [4.69, 9.17) is 4.18 Å². The van der Waals surface area contributed by atoms with Crippen LogP contribution in [0.15, 0.2) is 41.2 Å². The summed E-state index contributed by atoms with van der Waals surface area (Å²) < 4.78 is 17.1. The van der Waals surface area contributed by atoms with Gasteiger partial charge in [-0.15, -0.1) is 0 Å². The Labute approximate surface area is 81.8 Å². The number of hydrogen-bond acceptors (Lipinski definition) is 2. The van der Waals surface area contributed by atoms with Gasteiger partial charge in [0.1, 0.15) is 12.1 Å². The average Bonchev–Trinajstić information content (AvgIpc) is 2.08. The molecule has 0 bridgehead atoms. The van der Waals surface area contributed by atoms with E-state index in [0.29, 0.717) is 0 Å². The van der Waals surface area contributed by atoms with E-state index in [1.807, 2.05) is 31.2 Å². The Morgan fingerprint density at radius 1 is 1.38 bits per heavy atom. The second-order valence-corrected chi connectivity index (χ2v) is 3.53. The zero-order valence-electron chi connectivity index (χ0n) is 7.58. The van der Waals surface area contributed by atoms with Gasteiger partial charge in [0.05, 0.1) is 12.0 Å². The average molecular weight is 198 g/mol. The molecule has 70 valence electrons. The van der Waals surface area contributed by atoms with Crippen LogP contribution in [0.3, 0.4) is 0 Å². The van der Waals surface area contributed by atoms with Gasteiger partial charge in [0.2, 0.25) is 0 Å². The van der Waals surface area contributed by atoms with Crippen LogP contribution in [-0.4, -0.2) is 0 Å². The molecule has 0 N–H and O–H groups in total.